The third-order valence-electron chi connectivity index (χ3n) is 4.36. The molecule has 2 amide bonds. The van der Waals surface area contributed by atoms with Gasteiger partial charge in [0.15, 0.2) is 0 Å². The summed E-state index contributed by atoms with van der Waals surface area (Å²) in [6.07, 6.45) is 0.365. The van der Waals surface area contributed by atoms with Crippen molar-refractivity contribution in [1.82, 2.24) is 20.0 Å². The van der Waals surface area contributed by atoms with Gasteiger partial charge in [-0.05, 0) is 0 Å². The molecule has 6 nitrogen and oxygen atoms in total. The van der Waals surface area contributed by atoms with E-state index in [0.29, 0.717) is 12.5 Å². The van der Waals surface area contributed by atoms with Crippen LogP contribution in [0.2, 0.25) is 0 Å². The van der Waals surface area contributed by atoms with E-state index in [1.807, 2.05) is 0 Å². The predicted molar refractivity (Wildman–Crippen MR) is 66.0 cm³/mol. The van der Waals surface area contributed by atoms with E-state index in [4.69, 9.17) is 0 Å². The summed E-state index contributed by atoms with van der Waals surface area (Å²) < 4.78 is 0. The highest BCUT2D eigenvalue weighted by atomic mass is 16.2. The molecule has 3 saturated heterocycles. The summed E-state index contributed by atoms with van der Waals surface area (Å²) in [5.41, 5.74) is 0. The van der Waals surface area contributed by atoms with Crippen molar-refractivity contribution in [2.75, 3.05) is 46.3 Å². The lowest BCUT2D eigenvalue weighted by Crippen LogP contribution is -2.65. The molecular formula is C12H20N4O2. The second kappa shape index (κ2) is 4.60. The second-order valence-electron chi connectivity index (χ2n) is 5.40. The van der Waals surface area contributed by atoms with Gasteiger partial charge >= 0.3 is 0 Å². The lowest BCUT2D eigenvalue weighted by Gasteiger charge is -2.48. The Balaban J connectivity index is 1.53. The van der Waals surface area contributed by atoms with E-state index < -0.39 is 0 Å². The molecule has 0 aromatic carbocycles. The van der Waals surface area contributed by atoms with Crippen molar-refractivity contribution in [3.8, 4) is 0 Å². The lowest BCUT2D eigenvalue weighted by atomic mass is 10.0. The van der Waals surface area contributed by atoms with Gasteiger partial charge in [0.05, 0.1) is 12.5 Å². The van der Waals surface area contributed by atoms with Crippen LogP contribution in [0.1, 0.15) is 6.42 Å². The molecule has 0 spiro atoms. The van der Waals surface area contributed by atoms with Crippen molar-refractivity contribution in [3.05, 3.63) is 0 Å². The topological polar surface area (TPSA) is 55.9 Å². The van der Waals surface area contributed by atoms with Crippen molar-refractivity contribution >= 4 is 11.8 Å². The third-order valence-corrected chi connectivity index (χ3v) is 4.36. The molecule has 3 fully saturated rings. The minimum Gasteiger partial charge on any atom is -0.314 e. The van der Waals surface area contributed by atoms with Crippen molar-refractivity contribution < 1.29 is 9.59 Å². The van der Waals surface area contributed by atoms with Crippen molar-refractivity contribution in [2.45, 2.75) is 18.5 Å². The Morgan fingerprint density at radius 1 is 1.11 bits per heavy atom. The van der Waals surface area contributed by atoms with Crippen LogP contribution in [0.15, 0.2) is 0 Å². The van der Waals surface area contributed by atoms with Gasteiger partial charge in [-0.1, -0.05) is 0 Å². The van der Waals surface area contributed by atoms with Gasteiger partial charge in [-0.25, -0.2) is 0 Å². The zero-order valence-electron chi connectivity index (χ0n) is 10.8. The predicted octanol–water partition coefficient (Wildman–Crippen LogP) is -1.67. The first-order chi connectivity index (χ1) is 8.66. The first kappa shape index (κ1) is 12.1. The number of nitrogens with one attached hydrogen (secondary N) is 1. The Morgan fingerprint density at radius 2 is 1.78 bits per heavy atom. The average Bonchev–Trinajstić information content (AvgIpc) is 2.57. The number of piperazine rings is 1. The van der Waals surface area contributed by atoms with Crippen LogP contribution in [0.5, 0.6) is 0 Å². The molecule has 1 atom stereocenters. The molecule has 0 radical (unpaired) electrons. The third kappa shape index (κ3) is 1.94. The molecule has 0 aliphatic carbocycles. The van der Waals surface area contributed by atoms with Gasteiger partial charge in [0.2, 0.25) is 11.8 Å². The highest BCUT2D eigenvalue weighted by Gasteiger charge is 2.45. The largest absolute Gasteiger partial charge is 0.314 e. The Bertz CT molecular complexity index is 361. The van der Waals surface area contributed by atoms with Gasteiger partial charge < -0.3 is 5.32 Å². The number of carbonyl (C=O) groups excluding carboxylic acids is 2. The van der Waals surface area contributed by atoms with Crippen LogP contribution in [-0.2, 0) is 9.59 Å². The first-order valence-corrected chi connectivity index (χ1v) is 6.66. The first-order valence-electron chi connectivity index (χ1n) is 6.66. The summed E-state index contributed by atoms with van der Waals surface area (Å²) in [6.45, 7) is 6.15. The van der Waals surface area contributed by atoms with E-state index in [2.05, 4.69) is 15.1 Å². The van der Waals surface area contributed by atoms with Gasteiger partial charge in [-0.15, -0.1) is 0 Å². The standard InChI is InChI=1S/C12H20N4O2/c1-14-11(17)6-10(12(14)18)16-7-9(8-16)15-4-2-13-3-5-15/h9-10,13H,2-8H2,1H3. The second-order valence-corrected chi connectivity index (χ2v) is 5.40. The quantitative estimate of drug-likeness (QED) is 0.596. The molecule has 0 saturated carbocycles. The summed E-state index contributed by atoms with van der Waals surface area (Å²) in [5, 5.41) is 3.34. The Labute approximate surface area is 107 Å². The normalized spacial score (nSPS) is 32.1. The highest BCUT2D eigenvalue weighted by molar-refractivity contribution is 6.05. The summed E-state index contributed by atoms with van der Waals surface area (Å²) in [5.74, 6) is -0.0746. The van der Waals surface area contributed by atoms with E-state index in [1.54, 1.807) is 7.05 Å². The van der Waals surface area contributed by atoms with Crippen LogP contribution in [0.25, 0.3) is 0 Å². The minimum absolute atomic E-state index is 0.0289. The molecule has 6 heteroatoms. The van der Waals surface area contributed by atoms with Crippen LogP contribution >= 0.6 is 0 Å². The highest BCUT2D eigenvalue weighted by Crippen LogP contribution is 2.24. The zero-order valence-corrected chi connectivity index (χ0v) is 10.8. The fourth-order valence-corrected chi connectivity index (χ4v) is 3.04. The molecule has 3 aliphatic heterocycles. The van der Waals surface area contributed by atoms with Crippen LogP contribution < -0.4 is 5.32 Å². The number of carbonyl (C=O) groups is 2. The van der Waals surface area contributed by atoms with E-state index in [9.17, 15) is 9.59 Å². The van der Waals surface area contributed by atoms with E-state index in [-0.39, 0.29) is 17.9 Å². The van der Waals surface area contributed by atoms with Gasteiger partial charge in [0, 0.05) is 52.4 Å². The molecule has 100 valence electrons. The Kier molecular flexibility index (Phi) is 3.09. The molecule has 3 heterocycles. The van der Waals surface area contributed by atoms with Gasteiger partial charge in [-0.2, -0.15) is 0 Å². The van der Waals surface area contributed by atoms with Crippen LogP contribution in [0, 0.1) is 0 Å². The molecule has 1 N–H and O–H groups in total. The Hall–Kier alpha value is -0.980. The maximum absolute atomic E-state index is 11.9. The number of amides is 2. The minimum atomic E-state index is -0.193. The molecular weight excluding hydrogens is 232 g/mol. The van der Waals surface area contributed by atoms with Crippen LogP contribution in [-0.4, -0.2) is 84.9 Å². The number of hydrogen-bond acceptors (Lipinski definition) is 5. The smallest absolute Gasteiger partial charge is 0.246 e. The van der Waals surface area contributed by atoms with E-state index in [0.717, 1.165) is 39.3 Å². The number of likely N-dealkylation sites (N-methyl/N-ethyl adjacent to an activating group) is 1. The molecule has 1 unspecified atom stereocenters. The molecule has 3 rings (SSSR count). The van der Waals surface area contributed by atoms with Gasteiger partial charge in [0.25, 0.3) is 0 Å². The average molecular weight is 252 g/mol. The SMILES string of the molecule is CN1C(=O)CC(N2CC(N3CCNCC3)C2)C1=O. The van der Waals surface area contributed by atoms with Crippen molar-refractivity contribution in [3.63, 3.8) is 0 Å². The monoisotopic (exact) mass is 252 g/mol. The van der Waals surface area contributed by atoms with Crippen LogP contribution in [0.4, 0.5) is 0 Å². The molecule has 3 aliphatic rings. The van der Waals surface area contributed by atoms with Crippen molar-refractivity contribution in [1.29, 1.82) is 0 Å². The fourth-order valence-electron chi connectivity index (χ4n) is 3.04. The number of nitrogens with zero attached hydrogens (tertiary/aromatic N) is 3. The zero-order chi connectivity index (χ0) is 12.7. The summed E-state index contributed by atoms with van der Waals surface area (Å²) >= 11 is 0. The number of hydrogen-bond donors (Lipinski definition) is 1. The Morgan fingerprint density at radius 3 is 2.33 bits per heavy atom. The molecule has 0 bridgehead atoms. The molecule has 0 aromatic rings. The molecule has 18 heavy (non-hydrogen) atoms. The van der Waals surface area contributed by atoms with Gasteiger partial charge in [-0.3, -0.25) is 24.3 Å². The lowest BCUT2D eigenvalue weighted by molar-refractivity contribution is -0.139. The summed E-state index contributed by atoms with van der Waals surface area (Å²) in [6, 6.07) is 0.377. The number of imide groups is 1. The summed E-state index contributed by atoms with van der Waals surface area (Å²) in [7, 11) is 1.58. The van der Waals surface area contributed by atoms with Gasteiger partial charge in [0.1, 0.15) is 0 Å². The number of rotatable bonds is 2. The van der Waals surface area contributed by atoms with Crippen molar-refractivity contribution in [2.24, 2.45) is 0 Å². The number of likely N-dealkylation sites (tertiary alicyclic amines) is 2. The maximum Gasteiger partial charge on any atom is 0.246 e. The molecule has 0 aromatic heterocycles. The van der Waals surface area contributed by atoms with E-state index >= 15 is 0 Å². The fraction of sp³-hybridized carbons (Fsp3) is 0.833. The maximum atomic E-state index is 11.9. The van der Waals surface area contributed by atoms with Crippen LogP contribution in [0.3, 0.4) is 0 Å². The summed E-state index contributed by atoms with van der Waals surface area (Å²) in [4.78, 5) is 29.3. The van der Waals surface area contributed by atoms with E-state index in [1.165, 1.54) is 4.90 Å².